The van der Waals surface area contributed by atoms with Gasteiger partial charge in [0.05, 0.1) is 13.0 Å². The molecule has 7 nitrogen and oxygen atoms in total. The summed E-state index contributed by atoms with van der Waals surface area (Å²) in [6.45, 7) is 1.81. The van der Waals surface area contributed by atoms with E-state index >= 15 is 0 Å². The maximum Gasteiger partial charge on any atom is 1.00 e. The van der Waals surface area contributed by atoms with Crippen LogP contribution in [0.1, 0.15) is 28.8 Å². The Morgan fingerprint density at radius 3 is 2.35 bits per heavy atom. The van der Waals surface area contributed by atoms with Gasteiger partial charge in [-0.3, -0.25) is 4.79 Å². The Morgan fingerprint density at radius 2 is 1.77 bits per heavy atom. The van der Waals surface area contributed by atoms with Crippen LogP contribution in [0.25, 0.3) is 5.73 Å². The van der Waals surface area contributed by atoms with Crippen LogP contribution >= 0.6 is 0 Å². The van der Waals surface area contributed by atoms with Gasteiger partial charge in [-0.1, -0.05) is 12.1 Å². The summed E-state index contributed by atoms with van der Waals surface area (Å²) in [6, 6.07) is 14.6. The quantitative estimate of drug-likeness (QED) is 0.367. The second-order valence-electron chi connectivity index (χ2n) is 7.12. The Kier molecular flexibility index (Phi) is 10.2. The van der Waals surface area contributed by atoms with Crippen molar-refractivity contribution in [2.45, 2.75) is 18.3 Å². The average molecular weight is 447 g/mol. The molecule has 3 N–H and O–H groups in total. The SMILES string of the molecule is COc1ccc(C2(CNC(=O)c3ccc(NC(=O)[C-]=C[NH-])cc3)CCOCC2)cc1.[K+]. The maximum absolute atomic E-state index is 12.7. The predicted molar refractivity (Wildman–Crippen MR) is 114 cm³/mol. The molecule has 0 saturated carbocycles. The van der Waals surface area contributed by atoms with Gasteiger partial charge in [0.15, 0.2) is 0 Å². The minimum Gasteiger partial charge on any atom is -0.734 e. The smallest absolute Gasteiger partial charge is 0.734 e. The van der Waals surface area contributed by atoms with E-state index < -0.39 is 5.91 Å². The fourth-order valence-electron chi connectivity index (χ4n) is 3.56. The number of carbonyl (C=O) groups excluding carboxylic acids is 2. The Labute approximate surface area is 225 Å². The Balaban J connectivity index is 0.00000341. The van der Waals surface area contributed by atoms with Crippen LogP contribution in [0, 0.1) is 6.08 Å². The molecule has 0 spiro atoms. The number of benzene rings is 2. The van der Waals surface area contributed by atoms with Crippen molar-refractivity contribution < 1.29 is 70.4 Å². The maximum atomic E-state index is 12.7. The van der Waals surface area contributed by atoms with E-state index in [1.54, 1.807) is 31.4 Å². The van der Waals surface area contributed by atoms with Crippen molar-refractivity contribution >= 4 is 17.5 Å². The molecule has 1 aliphatic rings. The molecule has 2 aromatic rings. The summed E-state index contributed by atoms with van der Waals surface area (Å²) in [7, 11) is 1.64. The molecule has 2 amide bonds. The molecule has 1 saturated heterocycles. The fourth-order valence-corrected chi connectivity index (χ4v) is 3.56. The van der Waals surface area contributed by atoms with Gasteiger partial charge in [-0.15, -0.1) is 0 Å². The predicted octanol–water partition coefficient (Wildman–Crippen LogP) is 0.485. The van der Waals surface area contributed by atoms with Crippen molar-refractivity contribution in [2.75, 3.05) is 32.2 Å². The minimum absolute atomic E-state index is 0. The van der Waals surface area contributed by atoms with E-state index in [4.69, 9.17) is 15.2 Å². The molecular weight excluding hydrogens is 421 g/mol. The van der Waals surface area contributed by atoms with E-state index in [0.29, 0.717) is 31.0 Å². The summed E-state index contributed by atoms with van der Waals surface area (Å²) in [5.41, 5.74) is 8.86. The summed E-state index contributed by atoms with van der Waals surface area (Å²) in [5.74, 6) is 0.112. The minimum atomic E-state index is -0.511. The Hall–Kier alpha value is -1.68. The third kappa shape index (κ3) is 6.90. The van der Waals surface area contributed by atoms with Crippen LogP contribution in [0.15, 0.2) is 54.7 Å². The number of hydrogen-bond acceptors (Lipinski definition) is 4. The first-order chi connectivity index (χ1) is 14.6. The number of nitrogens with one attached hydrogen (secondary N) is 3. The number of hydrogen-bond donors (Lipinski definition) is 2. The molecule has 2 aromatic carbocycles. The van der Waals surface area contributed by atoms with E-state index in [1.807, 2.05) is 12.1 Å². The number of ether oxygens (including phenoxy) is 2. The van der Waals surface area contributed by atoms with Gasteiger partial charge in [0.1, 0.15) is 5.75 Å². The van der Waals surface area contributed by atoms with Crippen LogP contribution < -0.4 is 66.8 Å². The first-order valence-electron chi connectivity index (χ1n) is 9.73. The van der Waals surface area contributed by atoms with Gasteiger partial charge in [0.25, 0.3) is 5.91 Å². The first kappa shape index (κ1) is 25.6. The van der Waals surface area contributed by atoms with E-state index in [-0.39, 0.29) is 62.7 Å². The average Bonchev–Trinajstić information content (AvgIpc) is 2.79. The summed E-state index contributed by atoms with van der Waals surface area (Å²) >= 11 is 0. The van der Waals surface area contributed by atoms with Crippen LogP contribution in [-0.2, 0) is 14.9 Å². The van der Waals surface area contributed by atoms with Crippen LogP contribution in [0.4, 0.5) is 5.69 Å². The monoisotopic (exact) mass is 446 g/mol. The molecule has 0 bridgehead atoms. The zero-order valence-electron chi connectivity index (χ0n) is 17.9. The Bertz CT molecular complexity index is 892. The molecule has 8 heteroatoms. The van der Waals surface area contributed by atoms with Crippen LogP contribution in [0.2, 0.25) is 0 Å². The number of anilines is 1. The molecule has 1 heterocycles. The molecule has 0 atom stereocenters. The van der Waals surface area contributed by atoms with Gasteiger partial charge in [-0.25, -0.2) is 0 Å². The number of carbonyl (C=O) groups is 2. The standard InChI is InChI=1S/C23H26N3O4.K/c1-29-20-8-4-18(5-9-20)23(11-14-30-15-12-23)16-25-22(28)17-2-6-19(7-3-17)26-21(27)10-13-24;/h2-9,13H,11-12,14-16H2,1H3,(H4,24,25,26,27,28);/q-1;+1/p-1. The molecule has 0 radical (unpaired) electrons. The second-order valence-corrected chi connectivity index (χ2v) is 7.12. The number of methoxy groups -OCH3 is 1. The van der Waals surface area contributed by atoms with E-state index in [9.17, 15) is 9.59 Å². The van der Waals surface area contributed by atoms with Crippen molar-refractivity contribution in [1.82, 2.24) is 5.32 Å². The van der Waals surface area contributed by atoms with E-state index in [0.717, 1.165) is 30.4 Å². The second kappa shape index (κ2) is 12.4. The van der Waals surface area contributed by atoms with Gasteiger partial charge < -0.3 is 42.9 Å². The van der Waals surface area contributed by atoms with Gasteiger partial charge in [-0.05, 0) is 54.8 Å². The molecule has 31 heavy (non-hydrogen) atoms. The number of rotatable bonds is 7. The topological polar surface area (TPSA) is 100 Å². The molecule has 0 aromatic heterocycles. The molecule has 158 valence electrons. The van der Waals surface area contributed by atoms with Crippen molar-refractivity contribution in [3.8, 4) is 5.75 Å². The van der Waals surface area contributed by atoms with Gasteiger partial charge in [-0.2, -0.15) is 0 Å². The van der Waals surface area contributed by atoms with Crippen molar-refractivity contribution in [3.05, 3.63) is 77.7 Å². The van der Waals surface area contributed by atoms with Crippen LogP contribution in [-0.4, -0.2) is 38.7 Å². The van der Waals surface area contributed by atoms with Gasteiger partial charge >= 0.3 is 51.4 Å². The zero-order chi connectivity index (χ0) is 21.4. The Morgan fingerprint density at radius 1 is 1.13 bits per heavy atom. The largest absolute Gasteiger partial charge is 1.00 e. The molecule has 1 fully saturated rings. The third-order valence-electron chi connectivity index (χ3n) is 5.35. The number of amides is 2. The summed E-state index contributed by atoms with van der Waals surface area (Å²) in [4.78, 5) is 24.2. The normalized spacial score (nSPS) is 15.0. The molecular formula is C23H25KN3O4-. The molecule has 1 aliphatic heterocycles. The summed E-state index contributed by atoms with van der Waals surface area (Å²) in [5, 5.41) is 5.63. The fraction of sp³-hybridized carbons (Fsp3) is 0.304. The first-order valence-corrected chi connectivity index (χ1v) is 9.73. The summed E-state index contributed by atoms with van der Waals surface area (Å²) < 4.78 is 10.8. The van der Waals surface area contributed by atoms with Crippen LogP contribution in [0.5, 0.6) is 5.75 Å². The molecule has 0 unspecified atom stereocenters. The third-order valence-corrected chi connectivity index (χ3v) is 5.35. The van der Waals surface area contributed by atoms with Crippen molar-refractivity contribution in [1.29, 1.82) is 0 Å². The van der Waals surface area contributed by atoms with Crippen molar-refractivity contribution in [2.24, 2.45) is 0 Å². The summed E-state index contributed by atoms with van der Waals surface area (Å²) in [6.07, 6.45) is 4.65. The molecule has 3 rings (SSSR count). The zero-order valence-corrected chi connectivity index (χ0v) is 21.0. The van der Waals surface area contributed by atoms with Gasteiger partial charge in [0.2, 0.25) is 0 Å². The molecule has 0 aliphatic carbocycles. The van der Waals surface area contributed by atoms with Gasteiger partial charge in [0, 0.05) is 36.4 Å². The van der Waals surface area contributed by atoms with Crippen LogP contribution in [0.3, 0.4) is 0 Å². The van der Waals surface area contributed by atoms with E-state index in [2.05, 4.69) is 28.8 Å². The van der Waals surface area contributed by atoms with E-state index in [1.165, 1.54) is 0 Å². The van der Waals surface area contributed by atoms with Crippen molar-refractivity contribution in [3.63, 3.8) is 0 Å².